The van der Waals surface area contributed by atoms with Crippen LogP contribution in [0.3, 0.4) is 0 Å². The van der Waals surface area contributed by atoms with Gasteiger partial charge in [0.2, 0.25) is 0 Å². The Morgan fingerprint density at radius 3 is 2.68 bits per heavy atom. The molecule has 0 bridgehead atoms. The maximum absolute atomic E-state index is 5.86. The molecule has 4 nitrogen and oxygen atoms in total. The zero-order valence-electron chi connectivity index (χ0n) is 12.7. The molecule has 0 aromatic heterocycles. The third-order valence-corrected chi connectivity index (χ3v) is 4.57. The minimum atomic E-state index is 0.388. The van der Waals surface area contributed by atoms with Crippen molar-refractivity contribution < 1.29 is 4.74 Å². The van der Waals surface area contributed by atoms with Gasteiger partial charge < -0.3 is 15.0 Å². The van der Waals surface area contributed by atoms with E-state index in [0.717, 1.165) is 32.8 Å². The molecular formula is C15H31N3O. The Balaban J connectivity index is 1.67. The van der Waals surface area contributed by atoms with Crippen LogP contribution in [-0.2, 0) is 4.74 Å². The Bertz CT molecular complexity index is 250. The number of likely N-dealkylation sites (tertiary alicyclic amines) is 1. The summed E-state index contributed by atoms with van der Waals surface area (Å²) in [5.74, 6) is 0. The molecule has 0 radical (unpaired) electrons. The first kappa shape index (κ1) is 15.2. The number of likely N-dealkylation sites (N-methyl/N-ethyl adjacent to an activating group) is 1. The van der Waals surface area contributed by atoms with Crippen molar-refractivity contribution in [3.8, 4) is 0 Å². The first-order valence-electron chi connectivity index (χ1n) is 8.11. The zero-order valence-corrected chi connectivity index (χ0v) is 12.7. The molecule has 1 N–H and O–H groups in total. The summed E-state index contributed by atoms with van der Waals surface area (Å²) in [7, 11) is 0. The summed E-state index contributed by atoms with van der Waals surface area (Å²) in [5, 5.41) is 3.74. The van der Waals surface area contributed by atoms with Crippen LogP contribution >= 0.6 is 0 Å². The van der Waals surface area contributed by atoms with E-state index < -0.39 is 0 Å². The second-order valence-corrected chi connectivity index (χ2v) is 5.86. The quantitative estimate of drug-likeness (QED) is 0.811. The molecule has 2 saturated heterocycles. The summed E-state index contributed by atoms with van der Waals surface area (Å²) in [6.45, 7) is 13.5. The second kappa shape index (κ2) is 8.20. The number of hydrogen-bond donors (Lipinski definition) is 1. The SMILES string of the molecule is CCN1CCCC(NCC2CN(CC)CCO2)CC1. The number of hydrogen-bond acceptors (Lipinski definition) is 4. The molecule has 2 heterocycles. The summed E-state index contributed by atoms with van der Waals surface area (Å²) < 4.78 is 5.86. The third-order valence-electron chi connectivity index (χ3n) is 4.57. The monoisotopic (exact) mass is 269 g/mol. The van der Waals surface area contributed by atoms with Crippen LogP contribution in [0.25, 0.3) is 0 Å². The molecule has 2 fully saturated rings. The van der Waals surface area contributed by atoms with Crippen molar-refractivity contribution in [1.82, 2.24) is 15.1 Å². The van der Waals surface area contributed by atoms with Crippen LogP contribution < -0.4 is 5.32 Å². The molecule has 2 aliphatic heterocycles. The predicted molar refractivity (Wildman–Crippen MR) is 79.6 cm³/mol. The van der Waals surface area contributed by atoms with E-state index in [0.29, 0.717) is 12.1 Å². The standard InChI is InChI=1S/C15H31N3O/c1-3-17-8-5-6-14(7-9-17)16-12-15-13-18(4-2)10-11-19-15/h14-16H,3-13H2,1-2H3. The summed E-state index contributed by atoms with van der Waals surface area (Å²) in [6, 6.07) is 0.692. The average Bonchev–Trinajstić information content (AvgIpc) is 2.70. The summed E-state index contributed by atoms with van der Waals surface area (Å²) >= 11 is 0. The van der Waals surface area contributed by atoms with Crippen molar-refractivity contribution in [2.45, 2.75) is 45.3 Å². The van der Waals surface area contributed by atoms with Crippen LogP contribution in [0.1, 0.15) is 33.1 Å². The fraction of sp³-hybridized carbons (Fsp3) is 1.00. The highest BCUT2D eigenvalue weighted by Gasteiger charge is 2.21. The van der Waals surface area contributed by atoms with Gasteiger partial charge in [-0.15, -0.1) is 0 Å². The van der Waals surface area contributed by atoms with Gasteiger partial charge in [0, 0.05) is 25.7 Å². The van der Waals surface area contributed by atoms with Crippen molar-refractivity contribution >= 4 is 0 Å². The summed E-state index contributed by atoms with van der Waals surface area (Å²) in [5.41, 5.74) is 0. The van der Waals surface area contributed by atoms with Gasteiger partial charge in [0.25, 0.3) is 0 Å². The highest BCUT2D eigenvalue weighted by Crippen LogP contribution is 2.11. The lowest BCUT2D eigenvalue weighted by atomic mass is 10.1. The molecule has 0 saturated carbocycles. The van der Waals surface area contributed by atoms with E-state index in [-0.39, 0.29) is 0 Å². The molecule has 2 unspecified atom stereocenters. The van der Waals surface area contributed by atoms with Crippen LogP contribution in [0.15, 0.2) is 0 Å². The Morgan fingerprint density at radius 1 is 1.05 bits per heavy atom. The van der Waals surface area contributed by atoms with Crippen molar-refractivity contribution in [2.24, 2.45) is 0 Å². The smallest absolute Gasteiger partial charge is 0.0826 e. The van der Waals surface area contributed by atoms with Crippen LogP contribution in [0, 0.1) is 0 Å². The molecule has 0 aromatic rings. The largest absolute Gasteiger partial charge is 0.374 e. The topological polar surface area (TPSA) is 27.7 Å². The molecule has 0 aromatic carbocycles. The van der Waals surface area contributed by atoms with Crippen LogP contribution in [0.4, 0.5) is 0 Å². The fourth-order valence-electron chi connectivity index (χ4n) is 3.17. The third kappa shape index (κ3) is 5.03. The molecule has 2 rings (SSSR count). The molecule has 19 heavy (non-hydrogen) atoms. The lowest BCUT2D eigenvalue weighted by Crippen LogP contribution is -2.48. The molecule has 4 heteroatoms. The minimum Gasteiger partial charge on any atom is -0.374 e. The van der Waals surface area contributed by atoms with E-state index in [1.54, 1.807) is 0 Å². The number of nitrogens with one attached hydrogen (secondary N) is 1. The molecule has 0 amide bonds. The van der Waals surface area contributed by atoms with E-state index in [1.165, 1.54) is 38.9 Å². The van der Waals surface area contributed by atoms with E-state index in [1.807, 2.05) is 0 Å². The van der Waals surface area contributed by atoms with Gasteiger partial charge in [-0.3, -0.25) is 4.90 Å². The van der Waals surface area contributed by atoms with Gasteiger partial charge in [-0.05, 0) is 45.4 Å². The second-order valence-electron chi connectivity index (χ2n) is 5.86. The Kier molecular flexibility index (Phi) is 6.57. The molecule has 2 atom stereocenters. The van der Waals surface area contributed by atoms with Crippen molar-refractivity contribution in [2.75, 3.05) is 52.4 Å². The Labute approximate surface area is 118 Å². The summed E-state index contributed by atoms with van der Waals surface area (Å²) in [4.78, 5) is 5.05. The van der Waals surface area contributed by atoms with E-state index in [9.17, 15) is 0 Å². The maximum Gasteiger partial charge on any atom is 0.0826 e. The molecule has 112 valence electrons. The van der Waals surface area contributed by atoms with Crippen molar-refractivity contribution in [1.29, 1.82) is 0 Å². The Hall–Kier alpha value is -0.160. The van der Waals surface area contributed by atoms with Gasteiger partial charge in [-0.1, -0.05) is 13.8 Å². The van der Waals surface area contributed by atoms with Crippen LogP contribution in [0.2, 0.25) is 0 Å². The lowest BCUT2D eigenvalue weighted by molar-refractivity contribution is -0.0265. The average molecular weight is 269 g/mol. The molecule has 0 spiro atoms. The van der Waals surface area contributed by atoms with Gasteiger partial charge in [0.05, 0.1) is 12.7 Å². The first-order valence-corrected chi connectivity index (χ1v) is 8.11. The van der Waals surface area contributed by atoms with Gasteiger partial charge >= 0.3 is 0 Å². The highest BCUT2D eigenvalue weighted by atomic mass is 16.5. The molecule has 0 aliphatic carbocycles. The van der Waals surface area contributed by atoms with Crippen LogP contribution in [-0.4, -0.2) is 74.4 Å². The van der Waals surface area contributed by atoms with E-state index in [4.69, 9.17) is 4.74 Å². The van der Waals surface area contributed by atoms with Gasteiger partial charge in [-0.25, -0.2) is 0 Å². The number of rotatable bonds is 5. The summed E-state index contributed by atoms with van der Waals surface area (Å²) in [6.07, 6.45) is 4.33. The zero-order chi connectivity index (χ0) is 13.5. The molecule has 2 aliphatic rings. The number of nitrogens with zero attached hydrogens (tertiary/aromatic N) is 2. The normalized spacial score (nSPS) is 31.3. The van der Waals surface area contributed by atoms with E-state index >= 15 is 0 Å². The van der Waals surface area contributed by atoms with Gasteiger partial charge in [0.15, 0.2) is 0 Å². The van der Waals surface area contributed by atoms with Crippen molar-refractivity contribution in [3.63, 3.8) is 0 Å². The highest BCUT2D eigenvalue weighted by molar-refractivity contribution is 4.78. The first-order chi connectivity index (χ1) is 9.31. The minimum absolute atomic E-state index is 0.388. The lowest BCUT2D eigenvalue weighted by Gasteiger charge is -2.33. The predicted octanol–water partition coefficient (Wildman–Crippen LogP) is 1.17. The van der Waals surface area contributed by atoms with Crippen LogP contribution in [0.5, 0.6) is 0 Å². The fourth-order valence-corrected chi connectivity index (χ4v) is 3.17. The molecular weight excluding hydrogens is 238 g/mol. The maximum atomic E-state index is 5.86. The van der Waals surface area contributed by atoms with E-state index in [2.05, 4.69) is 29.0 Å². The van der Waals surface area contributed by atoms with Gasteiger partial charge in [0.1, 0.15) is 0 Å². The Morgan fingerprint density at radius 2 is 1.89 bits per heavy atom. The van der Waals surface area contributed by atoms with Gasteiger partial charge in [-0.2, -0.15) is 0 Å². The number of morpholine rings is 1. The van der Waals surface area contributed by atoms with Crippen molar-refractivity contribution in [3.05, 3.63) is 0 Å². The number of ether oxygens (including phenoxy) is 1.